The van der Waals surface area contributed by atoms with Crippen LogP contribution < -0.4 is 0 Å². The van der Waals surface area contributed by atoms with E-state index in [-0.39, 0.29) is 5.78 Å². The lowest BCUT2D eigenvalue weighted by molar-refractivity contribution is -0.140. The lowest BCUT2D eigenvalue weighted by Gasteiger charge is -2.07. The summed E-state index contributed by atoms with van der Waals surface area (Å²) in [6.45, 7) is 10.0. The average Bonchev–Trinajstić information content (AvgIpc) is 3.09. The lowest BCUT2D eigenvalue weighted by Crippen LogP contribution is -2.04. The standard InChI is InChI=1S/C27H26N2O3/c1-6-29-25-11-8-20(18(4)28-32-19(5)30)14-23(25)24-15-21(9-12-26(24)29)27(31)22-10-7-16(2)13-17(22)3/h7-15H,6H2,1-5H3/b28-18+. The van der Waals surface area contributed by atoms with Gasteiger partial charge in [-0.3, -0.25) is 4.79 Å². The average molecular weight is 427 g/mol. The van der Waals surface area contributed by atoms with Crippen LogP contribution in [0.4, 0.5) is 0 Å². The molecule has 0 amide bonds. The van der Waals surface area contributed by atoms with Crippen LogP contribution in [0.25, 0.3) is 21.8 Å². The number of rotatable bonds is 5. The fourth-order valence-electron chi connectivity index (χ4n) is 4.22. The van der Waals surface area contributed by atoms with Gasteiger partial charge in [0.1, 0.15) is 0 Å². The SMILES string of the molecule is CCn1c2ccc(C(=O)c3ccc(C)cc3C)cc2c2cc(/C(C)=N/OC(C)=O)ccc21. The highest BCUT2D eigenvalue weighted by atomic mass is 16.7. The molecular formula is C27H26N2O3. The first-order valence-electron chi connectivity index (χ1n) is 10.7. The third kappa shape index (κ3) is 3.82. The first-order chi connectivity index (χ1) is 15.3. The smallest absolute Gasteiger partial charge is 0.331 e. The van der Waals surface area contributed by atoms with Crippen LogP contribution in [0.3, 0.4) is 0 Å². The fraction of sp³-hybridized carbons (Fsp3) is 0.222. The Labute approximate surface area is 187 Å². The molecule has 5 heteroatoms. The Kier molecular flexibility index (Phi) is 5.66. The molecule has 0 radical (unpaired) electrons. The van der Waals surface area contributed by atoms with Crippen molar-refractivity contribution >= 4 is 39.3 Å². The number of carbonyl (C=O) groups excluding carboxylic acids is 2. The van der Waals surface area contributed by atoms with Crippen LogP contribution in [-0.2, 0) is 16.2 Å². The molecular weight excluding hydrogens is 400 g/mol. The zero-order chi connectivity index (χ0) is 23.0. The first-order valence-corrected chi connectivity index (χ1v) is 10.7. The highest BCUT2D eigenvalue weighted by molar-refractivity contribution is 6.16. The number of aryl methyl sites for hydroxylation is 3. The van der Waals surface area contributed by atoms with Crippen LogP contribution >= 0.6 is 0 Å². The zero-order valence-electron chi connectivity index (χ0n) is 19.0. The van der Waals surface area contributed by atoms with Crippen LogP contribution in [0.2, 0.25) is 0 Å². The van der Waals surface area contributed by atoms with Gasteiger partial charge in [-0.25, -0.2) is 4.79 Å². The van der Waals surface area contributed by atoms with Crippen molar-refractivity contribution in [2.24, 2.45) is 5.16 Å². The van der Waals surface area contributed by atoms with Crippen LogP contribution in [-0.4, -0.2) is 22.0 Å². The van der Waals surface area contributed by atoms with E-state index in [0.717, 1.165) is 50.6 Å². The van der Waals surface area contributed by atoms with Gasteiger partial charge in [0.2, 0.25) is 0 Å². The number of ketones is 1. The number of nitrogens with zero attached hydrogens (tertiary/aromatic N) is 2. The maximum atomic E-state index is 13.3. The number of carbonyl (C=O) groups is 2. The molecule has 3 aromatic carbocycles. The first kappa shape index (κ1) is 21.5. The third-order valence-electron chi connectivity index (χ3n) is 5.80. The summed E-state index contributed by atoms with van der Waals surface area (Å²) in [4.78, 5) is 29.2. The molecule has 162 valence electrons. The molecule has 0 saturated carbocycles. The molecule has 0 bridgehead atoms. The Morgan fingerprint density at radius 1 is 0.875 bits per heavy atom. The van der Waals surface area contributed by atoms with Crippen molar-refractivity contribution in [1.82, 2.24) is 4.57 Å². The van der Waals surface area contributed by atoms with Gasteiger partial charge in [0, 0.05) is 46.4 Å². The van der Waals surface area contributed by atoms with Gasteiger partial charge >= 0.3 is 5.97 Å². The van der Waals surface area contributed by atoms with Crippen molar-refractivity contribution in [2.45, 2.75) is 41.2 Å². The van der Waals surface area contributed by atoms with E-state index in [1.54, 1.807) is 6.92 Å². The predicted octanol–water partition coefficient (Wildman–Crippen LogP) is 5.95. The Hall–Kier alpha value is -3.73. The number of benzene rings is 3. The Morgan fingerprint density at radius 2 is 1.50 bits per heavy atom. The van der Waals surface area contributed by atoms with Gasteiger partial charge in [-0.15, -0.1) is 0 Å². The Bertz CT molecular complexity index is 1410. The maximum Gasteiger partial charge on any atom is 0.331 e. The monoisotopic (exact) mass is 426 g/mol. The molecule has 32 heavy (non-hydrogen) atoms. The summed E-state index contributed by atoms with van der Waals surface area (Å²) < 4.78 is 2.23. The summed E-state index contributed by atoms with van der Waals surface area (Å²) in [7, 11) is 0. The zero-order valence-corrected chi connectivity index (χ0v) is 19.0. The number of oxime groups is 1. The van der Waals surface area contributed by atoms with Gasteiger partial charge in [-0.2, -0.15) is 0 Å². The quantitative estimate of drug-likeness (QED) is 0.171. The van der Waals surface area contributed by atoms with E-state index in [0.29, 0.717) is 11.3 Å². The van der Waals surface area contributed by atoms with Gasteiger partial charge in [-0.1, -0.05) is 35.0 Å². The molecule has 0 atom stereocenters. The minimum Gasteiger partial charge on any atom is -0.341 e. The van der Waals surface area contributed by atoms with Gasteiger partial charge in [0.05, 0.1) is 5.71 Å². The second-order valence-corrected chi connectivity index (χ2v) is 8.12. The Morgan fingerprint density at radius 3 is 2.09 bits per heavy atom. The topological polar surface area (TPSA) is 60.7 Å². The summed E-state index contributed by atoms with van der Waals surface area (Å²) in [5.41, 5.74) is 7.13. The minimum absolute atomic E-state index is 0.0190. The second-order valence-electron chi connectivity index (χ2n) is 8.12. The second kappa shape index (κ2) is 8.42. The van der Waals surface area contributed by atoms with Crippen LogP contribution in [0.1, 0.15) is 53.4 Å². The molecule has 1 aromatic heterocycles. The number of hydrogen-bond acceptors (Lipinski definition) is 4. The van der Waals surface area contributed by atoms with Crippen LogP contribution in [0.5, 0.6) is 0 Å². The molecule has 5 nitrogen and oxygen atoms in total. The van der Waals surface area contributed by atoms with Gasteiger partial charge in [0.15, 0.2) is 5.78 Å². The number of aromatic nitrogens is 1. The van der Waals surface area contributed by atoms with E-state index in [9.17, 15) is 9.59 Å². The van der Waals surface area contributed by atoms with Crippen molar-refractivity contribution in [3.05, 3.63) is 82.4 Å². The third-order valence-corrected chi connectivity index (χ3v) is 5.80. The summed E-state index contributed by atoms with van der Waals surface area (Å²) in [5, 5.41) is 5.96. The number of hydrogen-bond donors (Lipinski definition) is 0. The predicted molar refractivity (Wildman–Crippen MR) is 128 cm³/mol. The van der Waals surface area contributed by atoms with E-state index in [1.165, 1.54) is 6.92 Å². The molecule has 0 fully saturated rings. The van der Waals surface area contributed by atoms with Crippen molar-refractivity contribution in [1.29, 1.82) is 0 Å². The molecule has 4 aromatic rings. The molecule has 0 saturated heterocycles. The molecule has 0 N–H and O–H groups in total. The minimum atomic E-state index is -0.456. The van der Waals surface area contributed by atoms with Crippen LogP contribution in [0, 0.1) is 13.8 Å². The largest absolute Gasteiger partial charge is 0.341 e. The Balaban J connectivity index is 1.87. The van der Waals surface area contributed by atoms with Gasteiger partial charge in [-0.05, 0) is 69.2 Å². The van der Waals surface area contributed by atoms with Gasteiger partial charge < -0.3 is 9.40 Å². The molecule has 0 aliphatic carbocycles. The summed E-state index contributed by atoms with van der Waals surface area (Å²) in [5.74, 6) is -0.437. The van der Waals surface area contributed by atoms with Crippen LogP contribution in [0.15, 0.2) is 59.8 Å². The molecule has 0 spiro atoms. The summed E-state index contributed by atoms with van der Waals surface area (Å²) >= 11 is 0. The van der Waals surface area contributed by atoms with Crippen molar-refractivity contribution in [3.8, 4) is 0 Å². The van der Waals surface area contributed by atoms with Crippen molar-refractivity contribution in [2.75, 3.05) is 0 Å². The van der Waals surface area contributed by atoms with E-state index in [2.05, 4.69) is 16.6 Å². The molecule has 0 unspecified atom stereocenters. The highest BCUT2D eigenvalue weighted by Crippen LogP contribution is 2.31. The van der Waals surface area contributed by atoms with Crippen molar-refractivity contribution in [3.63, 3.8) is 0 Å². The van der Waals surface area contributed by atoms with E-state index < -0.39 is 5.97 Å². The van der Waals surface area contributed by atoms with E-state index >= 15 is 0 Å². The summed E-state index contributed by atoms with van der Waals surface area (Å²) in [6, 6.07) is 17.9. The molecule has 4 rings (SSSR count). The molecule has 1 heterocycles. The lowest BCUT2D eigenvalue weighted by atomic mass is 9.96. The number of fused-ring (bicyclic) bond motifs is 3. The normalized spacial score (nSPS) is 11.8. The van der Waals surface area contributed by atoms with E-state index in [4.69, 9.17) is 4.84 Å². The van der Waals surface area contributed by atoms with E-state index in [1.807, 2.05) is 68.4 Å². The van der Waals surface area contributed by atoms with Crippen molar-refractivity contribution < 1.29 is 14.4 Å². The highest BCUT2D eigenvalue weighted by Gasteiger charge is 2.16. The summed E-state index contributed by atoms with van der Waals surface area (Å²) in [6.07, 6.45) is 0. The van der Waals surface area contributed by atoms with Gasteiger partial charge in [0.25, 0.3) is 0 Å². The maximum absolute atomic E-state index is 13.3. The fourth-order valence-corrected chi connectivity index (χ4v) is 4.22. The molecule has 0 aliphatic heterocycles. The molecule has 0 aliphatic rings.